The van der Waals surface area contributed by atoms with Gasteiger partial charge < -0.3 is 4.90 Å². The van der Waals surface area contributed by atoms with E-state index >= 15 is 0 Å². The third-order valence-corrected chi connectivity index (χ3v) is 14.0. The van der Waals surface area contributed by atoms with Crippen LogP contribution in [0, 0.1) is 0 Å². The SMILES string of the molecule is CC(C)(C)c1cc(C(C)(C)C)c2c(c1)C(C)(C)c1cccc(-c3ccccc3N(c3ccc(-c4cccc5ccccc45)cc3)c3cccc4c3sc3ccccc34)c1-2. The predicted octanol–water partition coefficient (Wildman–Crippen LogP) is 16.9. The van der Waals surface area contributed by atoms with E-state index in [1.165, 1.54) is 98.0 Å². The van der Waals surface area contributed by atoms with Gasteiger partial charge in [-0.05, 0) is 102 Å². The first-order chi connectivity index (χ1) is 28.3. The van der Waals surface area contributed by atoms with Gasteiger partial charge in [-0.3, -0.25) is 0 Å². The summed E-state index contributed by atoms with van der Waals surface area (Å²) in [7, 11) is 0. The minimum absolute atomic E-state index is 0.0343. The lowest BCUT2D eigenvalue weighted by molar-refractivity contribution is 0.564. The average molecular weight is 782 g/mol. The molecule has 0 N–H and O–H groups in total. The van der Waals surface area contributed by atoms with E-state index in [9.17, 15) is 0 Å². The van der Waals surface area contributed by atoms with E-state index in [4.69, 9.17) is 0 Å². The van der Waals surface area contributed by atoms with Crippen molar-refractivity contribution >= 4 is 59.3 Å². The van der Waals surface area contributed by atoms with Crippen LogP contribution >= 0.6 is 11.3 Å². The van der Waals surface area contributed by atoms with E-state index in [0.717, 1.165) is 5.69 Å². The van der Waals surface area contributed by atoms with Crippen LogP contribution in [0.4, 0.5) is 17.1 Å². The van der Waals surface area contributed by atoms with E-state index in [1.54, 1.807) is 0 Å². The maximum Gasteiger partial charge on any atom is 0.0640 e. The van der Waals surface area contributed by atoms with Crippen molar-refractivity contribution in [3.8, 4) is 33.4 Å². The first-order valence-corrected chi connectivity index (χ1v) is 21.8. The zero-order valence-corrected chi connectivity index (χ0v) is 36.3. The minimum Gasteiger partial charge on any atom is -0.308 e. The molecule has 1 aliphatic carbocycles. The molecule has 2 heteroatoms. The second-order valence-corrected chi connectivity index (χ2v) is 20.0. The van der Waals surface area contributed by atoms with Gasteiger partial charge in [-0.1, -0.05) is 189 Å². The van der Waals surface area contributed by atoms with Crippen molar-refractivity contribution in [2.75, 3.05) is 4.90 Å². The maximum absolute atomic E-state index is 2.52. The number of thiophene rings is 1. The first-order valence-electron chi connectivity index (χ1n) is 21.0. The number of nitrogens with zero attached hydrogens (tertiary/aromatic N) is 1. The van der Waals surface area contributed by atoms with Crippen molar-refractivity contribution in [2.45, 2.75) is 71.6 Å². The molecule has 0 aliphatic heterocycles. The number of hydrogen-bond donors (Lipinski definition) is 0. The molecule has 0 fully saturated rings. The van der Waals surface area contributed by atoms with Crippen LogP contribution in [-0.4, -0.2) is 0 Å². The lowest BCUT2D eigenvalue weighted by Crippen LogP contribution is -2.21. The molecular formula is C57H51NS. The summed E-state index contributed by atoms with van der Waals surface area (Å²) in [5.74, 6) is 0. The van der Waals surface area contributed by atoms with Gasteiger partial charge in [0.05, 0.1) is 16.1 Å². The van der Waals surface area contributed by atoms with E-state index in [0.29, 0.717) is 0 Å². The van der Waals surface area contributed by atoms with E-state index in [-0.39, 0.29) is 16.2 Å². The molecule has 0 bridgehead atoms. The molecule has 1 nitrogen and oxygen atoms in total. The van der Waals surface area contributed by atoms with Crippen molar-refractivity contribution < 1.29 is 0 Å². The molecule has 1 heterocycles. The van der Waals surface area contributed by atoms with Gasteiger partial charge in [0.1, 0.15) is 0 Å². The molecule has 0 saturated carbocycles. The van der Waals surface area contributed by atoms with Crippen molar-refractivity contribution in [2.24, 2.45) is 0 Å². The molecule has 9 aromatic rings. The van der Waals surface area contributed by atoms with E-state index in [1.807, 2.05) is 11.3 Å². The normalized spacial score (nSPS) is 13.6. The van der Waals surface area contributed by atoms with Gasteiger partial charge in [0.2, 0.25) is 0 Å². The van der Waals surface area contributed by atoms with Gasteiger partial charge in [-0.15, -0.1) is 11.3 Å². The molecule has 59 heavy (non-hydrogen) atoms. The second-order valence-electron chi connectivity index (χ2n) is 19.0. The van der Waals surface area contributed by atoms with Crippen LogP contribution in [0.5, 0.6) is 0 Å². The minimum atomic E-state index is -0.156. The van der Waals surface area contributed by atoms with Crippen LogP contribution in [0.3, 0.4) is 0 Å². The van der Waals surface area contributed by atoms with E-state index < -0.39 is 0 Å². The summed E-state index contributed by atoms with van der Waals surface area (Å²) in [4.78, 5) is 2.52. The Kier molecular flexibility index (Phi) is 8.57. The number of anilines is 3. The van der Waals surface area contributed by atoms with Gasteiger partial charge in [0.25, 0.3) is 0 Å². The Balaban J connectivity index is 1.23. The predicted molar refractivity (Wildman–Crippen MR) is 257 cm³/mol. The highest BCUT2D eigenvalue weighted by molar-refractivity contribution is 7.26. The maximum atomic E-state index is 2.52. The average Bonchev–Trinajstić information content (AvgIpc) is 3.73. The lowest BCUT2D eigenvalue weighted by Gasteiger charge is -2.31. The number of hydrogen-bond acceptors (Lipinski definition) is 2. The van der Waals surface area contributed by atoms with Crippen molar-refractivity contribution in [3.05, 3.63) is 186 Å². The monoisotopic (exact) mass is 781 g/mol. The molecule has 0 saturated heterocycles. The standard InChI is InChI=1S/C57H51NS/c1-55(2,3)38-34-47(56(4,5)6)53-48(35-38)57(7,8)46-26-16-24-44(52(46)53)42-21-11-13-27-49(42)58(50-28-17-25-45-43-22-12-14-29-51(43)59-54(45)50)39-32-30-37(31-33-39)41-23-15-19-36-18-9-10-20-40(36)41/h9-35H,1-8H3. The van der Waals surface area contributed by atoms with Crippen LogP contribution in [0.25, 0.3) is 64.3 Å². The lowest BCUT2D eigenvalue weighted by atomic mass is 9.74. The largest absolute Gasteiger partial charge is 0.308 e. The Morgan fingerprint density at radius 2 is 1.08 bits per heavy atom. The van der Waals surface area contributed by atoms with Crippen LogP contribution in [-0.2, 0) is 16.2 Å². The molecule has 0 amide bonds. The van der Waals surface area contributed by atoms with Gasteiger partial charge in [-0.25, -0.2) is 0 Å². The Morgan fingerprint density at radius 1 is 0.475 bits per heavy atom. The summed E-state index contributed by atoms with van der Waals surface area (Å²) in [5.41, 5.74) is 16.7. The number of fused-ring (bicyclic) bond motifs is 7. The fraction of sp³-hybridized carbons (Fsp3) is 0.193. The zero-order valence-electron chi connectivity index (χ0n) is 35.4. The first kappa shape index (κ1) is 37.3. The quantitative estimate of drug-likeness (QED) is 0.168. The summed E-state index contributed by atoms with van der Waals surface area (Å²) >= 11 is 1.89. The fourth-order valence-corrected chi connectivity index (χ4v) is 10.8. The van der Waals surface area contributed by atoms with Crippen LogP contribution in [0.1, 0.15) is 77.6 Å². The molecule has 1 aliphatic rings. The third kappa shape index (κ3) is 6.03. The molecule has 1 aromatic heterocycles. The molecule has 290 valence electrons. The molecule has 10 rings (SSSR count). The molecule has 0 radical (unpaired) electrons. The molecular weight excluding hydrogens is 731 g/mol. The number of benzene rings is 8. The smallest absolute Gasteiger partial charge is 0.0640 e. The summed E-state index contributed by atoms with van der Waals surface area (Å²) in [6.45, 7) is 19.0. The van der Waals surface area contributed by atoms with Crippen molar-refractivity contribution in [1.29, 1.82) is 0 Å². The van der Waals surface area contributed by atoms with Crippen LogP contribution in [0.2, 0.25) is 0 Å². The second kappa shape index (κ2) is 13.5. The van der Waals surface area contributed by atoms with Gasteiger partial charge in [-0.2, -0.15) is 0 Å². The van der Waals surface area contributed by atoms with Crippen molar-refractivity contribution in [1.82, 2.24) is 0 Å². The Hall–Kier alpha value is -5.96. The summed E-state index contributed by atoms with van der Waals surface area (Å²) in [6.07, 6.45) is 0. The fourth-order valence-electron chi connectivity index (χ4n) is 9.62. The summed E-state index contributed by atoms with van der Waals surface area (Å²) in [6, 6.07) is 61.4. The van der Waals surface area contributed by atoms with E-state index in [2.05, 4.69) is 224 Å². The third-order valence-electron chi connectivity index (χ3n) is 12.8. The molecule has 8 aromatic carbocycles. The number of para-hydroxylation sites is 1. The highest BCUT2D eigenvalue weighted by atomic mass is 32.1. The van der Waals surface area contributed by atoms with Gasteiger partial charge in [0, 0.05) is 32.1 Å². The van der Waals surface area contributed by atoms with Crippen LogP contribution in [0.15, 0.2) is 164 Å². The van der Waals surface area contributed by atoms with Crippen molar-refractivity contribution in [3.63, 3.8) is 0 Å². The summed E-state index contributed by atoms with van der Waals surface area (Å²) < 4.78 is 2.59. The molecule has 0 unspecified atom stereocenters. The Morgan fingerprint density at radius 3 is 1.86 bits per heavy atom. The highest BCUT2D eigenvalue weighted by Crippen LogP contribution is 2.57. The molecule has 0 spiro atoms. The van der Waals surface area contributed by atoms with Gasteiger partial charge >= 0.3 is 0 Å². The topological polar surface area (TPSA) is 3.24 Å². The van der Waals surface area contributed by atoms with Crippen LogP contribution < -0.4 is 4.90 Å². The Bertz CT molecular complexity index is 3080. The Labute approximate surface area is 353 Å². The number of rotatable bonds is 5. The zero-order chi connectivity index (χ0) is 40.8. The summed E-state index contributed by atoms with van der Waals surface area (Å²) in [5, 5.41) is 5.12. The highest BCUT2D eigenvalue weighted by Gasteiger charge is 2.41. The molecule has 0 atom stereocenters. The van der Waals surface area contributed by atoms with Gasteiger partial charge in [0.15, 0.2) is 0 Å².